The van der Waals surface area contributed by atoms with Crippen LogP contribution >= 0.6 is 12.2 Å². The Morgan fingerprint density at radius 1 is 1.35 bits per heavy atom. The van der Waals surface area contributed by atoms with Crippen molar-refractivity contribution >= 4 is 23.8 Å². The van der Waals surface area contributed by atoms with Gasteiger partial charge in [-0.2, -0.15) is 5.21 Å². The molecular formula is C13H17N5OS. The third-order valence-corrected chi connectivity index (χ3v) is 3.15. The largest absolute Gasteiger partial charge is 0.326 e. The Hall–Kier alpha value is -2.02. The highest BCUT2D eigenvalue weighted by atomic mass is 32.1. The summed E-state index contributed by atoms with van der Waals surface area (Å²) < 4.78 is 1.95. The maximum atomic E-state index is 11.7. The minimum absolute atomic E-state index is 0.0472. The molecule has 20 heavy (non-hydrogen) atoms. The van der Waals surface area contributed by atoms with E-state index in [1.165, 1.54) is 0 Å². The van der Waals surface area contributed by atoms with Crippen molar-refractivity contribution in [2.24, 2.45) is 0 Å². The molecular weight excluding hydrogens is 274 g/mol. The number of rotatable bonds is 6. The molecule has 7 heteroatoms. The monoisotopic (exact) mass is 291 g/mol. The summed E-state index contributed by atoms with van der Waals surface area (Å²) in [6.07, 6.45) is 3.68. The highest BCUT2D eigenvalue weighted by Crippen LogP contribution is 2.13. The first kappa shape index (κ1) is 14.4. The molecule has 0 radical (unpaired) electrons. The summed E-state index contributed by atoms with van der Waals surface area (Å²) in [5.74, 6) is 0.0472. The van der Waals surface area contributed by atoms with Crippen LogP contribution in [-0.2, 0) is 4.79 Å². The molecule has 1 aromatic heterocycles. The number of amides is 1. The Kier molecular flexibility index (Phi) is 5.00. The van der Waals surface area contributed by atoms with Crippen LogP contribution in [0.15, 0.2) is 24.3 Å². The van der Waals surface area contributed by atoms with Crippen molar-refractivity contribution in [3.8, 4) is 5.69 Å². The van der Waals surface area contributed by atoms with Gasteiger partial charge in [-0.15, -0.1) is 0 Å². The van der Waals surface area contributed by atoms with Crippen molar-refractivity contribution < 1.29 is 4.79 Å². The van der Waals surface area contributed by atoms with Crippen LogP contribution in [0, 0.1) is 4.77 Å². The smallest absolute Gasteiger partial charge is 0.242 e. The summed E-state index contributed by atoms with van der Waals surface area (Å²) in [5, 5.41) is 12.9. The molecule has 1 heterocycles. The minimum atomic E-state index is 0.0472. The third kappa shape index (κ3) is 3.74. The van der Waals surface area contributed by atoms with Gasteiger partial charge in [0.1, 0.15) is 0 Å². The van der Waals surface area contributed by atoms with Gasteiger partial charge in [-0.1, -0.05) is 30.1 Å². The second-order valence-corrected chi connectivity index (χ2v) is 4.84. The fourth-order valence-corrected chi connectivity index (χ4v) is 2.01. The topological polar surface area (TPSA) is 75.6 Å². The van der Waals surface area contributed by atoms with Crippen LogP contribution < -0.4 is 5.32 Å². The molecule has 0 saturated heterocycles. The Morgan fingerprint density at radius 3 is 2.70 bits per heavy atom. The van der Waals surface area contributed by atoms with Gasteiger partial charge < -0.3 is 5.32 Å². The second-order valence-electron chi connectivity index (χ2n) is 4.47. The molecule has 2 N–H and O–H groups in total. The Balaban J connectivity index is 1.97. The van der Waals surface area contributed by atoms with Gasteiger partial charge in [0.05, 0.1) is 5.69 Å². The van der Waals surface area contributed by atoms with Crippen molar-refractivity contribution in [1.29, 1.82) is 0 Å². The van der Waals surface area contributed by atoms with Gasteiger partial charge in [0, 0.05) is 12.1 Å². The number of anilines is 1. The number of nitrogens with one attached hydrogen (secondary N) is 2. The molecule has 2 aromatic rings. The maximum Gasteiger partial charge on any atom is 0.242 e. The number of aromatic nitrogens is 4. The van der Waals surface area contributed by atoms with Crippen molar-refractivity contribution in [2.45, 2.75) is 32.6 Å². The van der Waals surface area contributed by atoms with E-state index in [2.05, 4.69) is 27.8 Å². The van der Waals surface area contributed by atoms with Gasteiger partial charge in [-0.3, -0.25) is 4.79 Å². The van der Waals surface area contributed by atoms with E-state index in [9.17, 15) is 4.79 Å². The first-order valence-electron chi connectivity index (χ1n) is 6.61. The van der Waals surface area contributed by atoms with E-state index in [4.69, 9.17) is 12.2 Å². The molecule has 0 saturated carbocycles. The molecule has 0 atom stereocenters. The molecule has 0 unspecified atom stereocenters. The van der Waals surface area contributed by atoms with Crippen LogP contribution in [0.4, 0.5) is 5.69 Å². The number of hydrogen-bond acceptors (Lipinski definition) is 4. The third-order valence-electron chi connectivity index (χ3n) is 2.89. The maximum absolute atomic E-state index is 11.7. The van der Waals surface area contributed by atoms with Crippen molar-refractivity contribution in [1.82, 2.24) is 20.2 Å². The summed E-state index contributed by atoms with van der Waals surface area (Å²) in [4.78, 5) is 11.7. The lowest BCUT2D eigenvalue weighted by atomic mass is 10.2. The van der Waals surface area contributed by atoms with Crippen LogP contribution in [-0.4, -0.2) is 26.1 Å². The van der Waals surface area contributed by atoms with E-state index in [1.807, 2.05) is 24.3 Å². The highest BCUT2D eigenvalue weighted by Gasteiger charge is 2.03. The zero-order chi connectivity index (χ0) is 14.4. The molecule has 1 amide bonds. The van der Waals surface area contributed by atoms with E-state index in [0.29, 0.717) is 11.2 Å². The molecule has 0 bridgehead atoms. The SMILES string of the molecule is CCCCCC(=O)Nc1ccc(-n2[nH]nnc2=S)cc1. The fourth-order valence-electron chi connectivity index (χ4n) is 1.82. The summed E-state index contributed by atoms with van der Waals surface area (Å²) in [7, 11) is 0. The number of benzene rings is 1. The quantitative estimate of drug-likeness (QED) is 0.634. The highest BCUT2D eigenvalue weighted by molar-refractivity contribution is 7.71. The predicted octanol–water partition coefficient (Wildman–Crippen LogP) is 2.84. The number of H-pyrrole nitrogens is 1. The van der Waals surface area contributed by atoms with Crippen molar-refractivity contribution in [2.75, 3.05) is 5.32 Å². The van der Waals surface area contributed by atoms with Crippen molar-refractivity contribution in [3.63, 3.8) is 0 Å². The molecule has 6 nitrogen and oxygen atoms in total. The molecule has 0 fully saturated rings. The molecule has 0 aliphatic rings. The Morgan fingerprint density at radius 2 is 2.10 bits per heavy atom. The lowest BCUT2D eigenvalue weighted by Gasteiger charge is -2.06. The van der Waals surface area contributed by atoms with E-state index in [0.717, 1.165) is 30.6 Å². The van der Waals surface area contributed by atoms with Crippen LogP contribution in [0.5, 0.6) is 0 Å². The van der Waals surface area contributed by atoms with Gasteiger partial charge >= 0.3 is 0 Å². The number of unbranched alkanes of at least 4 members (excludes halogenated alkanes) is 2. The lowest BCUT2D eigenvalue weighted by Crippen LogP contribution is -2.11. The van der Waals surface area contributed by atoms with Crippen molar-refractivity contribution in [3.05, 3.63) is 29.0 Å². The van der Waals surface area contributed by atoms with Gasteiger partial charge in [0.2, 0.25) is 10.7 Å². The van der Waals surface area contributed by atoms with Gasteiger partial charge in [0.25, 0.3) is 0 Å². The zero-order valence-corrected chi connectivity index (χ0v) is 12.1. The minimum Gasteiger partial charge on any atom is -0.326 e. The number of hydrogen-bond donors (Lipinski definition) is 2. The molecule has 106 valence electrons. The standard InChI is InChI=1S/C13H17N5OS/c1-2-3-4-5-12(19)14-10-6-8-11(9-7-10)18-13(20)15-16-17-18/h6-9H,2-5H2,1H3,(H,14,19)(H,15,17,20). The number of nitrogens with zero attached hydrogens (tertiary/aromatic N) is 3. The molecule has 0 aliphatic heterocycles. The summed E-state index contributed by atoms with van der Waals surface area (Å²) in [5.41, 5.74) is 1.60. The first-order chi connectivity index (χ1) is 9.70. The van der Waals surface area contributed by atoms with Crippen LogP contribution in [0.1, 0.15) is 32.6 Å². The summed E-state index contributed by atoms with van der Waals surface area (Å²) >= 11 is 5.02. The lowest BCUT2D eigenvalue weighted by molar-refractivity contribution is -0.116. The zero-order valence-electron chi connectivity index (χ0n) is 11.3. The van der Waals surface area contributed by atoms with Crippen LogP contribution in [0.3, 0.4) is 0 Å². The summed E-state index contributed by atoms with van der Waals surface area (Å²) in [6, 6.07) is 7.35. The number of carbonyl (C=O) groups is 1. The van der Waals surface area contributed by atoms with Gasteiger partial charge in [-0.05, 0) is 42.9 Å². The Labute approximate surface area is 122 Å². The molecule has 2 rings (SSSR count). The van der Waals surface area contributed by atoms with Gasteiger partial charge in [0.15, 0.2) is 0 Å². The Bertz CT molecular complexity index is 616. The predicted molar refractivity (Wildman–Crippen MR) is 79.3 cm³/mol. The molecule has 1 aromatic carbocycles. The normalized spacial score (nSPS) is 10.4. The second kappa shape index (κ2) is 6.95. The fraction of sp³-hybridized carbons (Fsp3) is 0.385. The number of tetrazole rings is 1. The average molecular weight is 291 g/mol. The molecule has 0 spiro atoms. The number of aromatic amines is 1. The molecule has 0 aliphatic carbocycles. The first-order valence-corrected chi connectivity index (χ1v) is 7.02. The summed E-state index contributed by atoms with van der Waals surface area (Å²) in [6.45, 7) is 2.12. The van der Waals surface area contributed by atoms with E-state index >= 15 is 0 Å². The number of carbonyl (C=O) groups excluding carboxylic acids is 1. The van der Waals surface area contributed by atoms with Crippen LogP contribution in [0.25, 0.3) is 5.69 Å². The average Bonchev–Trinajstić information content (AvgIpc) is 2.86. The van der Waals surface area contributed by atoms with E-state index in [1.54, 1.807) is 4.68 Å². The van der Waals surface area contributed by atoms with E-state index in [-0.39, 0.29) is 5.91 Å². The van der Waals surface area contributed by atoms with Gasteiger partial charge in [-0.25, -0.2) is 4.68 Å². The van der Waals surface area contributed by atoms with E-state index < -0.39 is 0 Å². The van der Waals surface area contributed by atoms with Crippen LogP contribution in [0.2, 0.25) is 0 Å².